The predicted octanol–water partition coefficient (Wildman–Crippen LogP) is 6.04. The lowest BCUT2D eigenvalue weighted by Crippen LogP contribution is -2.29. The highest BCUT2D eigenvalue weighted by Crippen LogP contribution is 2.56. The summed E-state index contributed by atoms with van der Waals surface area (Å²) in [5.41, 5.74) is 9.48. The van der Waals surface area contributed by atoms with Gasteiger partial charge in [0.25, 0.3) is 0 Å². The molecule has 4 aromatic carbocycles. The monoisotopic (exact) mass is 406 g/mol. The van der Waals surface area contributed by atoms with Gasteiger partial charge in [-0.05, 0) is 58.4 Å². The third-order valence-electron chi connectivity index (χ3n) is 6.39. The van der Waals surface area contributed by atoms with Crippen molar-refractivity contribution in [2.24, 2.45) is 0 Å². The van der Waals surface area contributed by atoms with Gasteiger partial charge >= 0.3 is 0 Å². The number of ether oxygens (including phenoxy) is 1. The summed E-state index contributed by atoms with van der Waals surface area (Å²) in [6.07, 6.45) is 0. The molecule has 0 unspecified atom stereocenters. The molecule has 0 amide bonds. The highest BCUT2D eigenvalue weighted by Gasteiger charge is 2.46. The fourth-order valence-corrected chi connectivity index (χ4v) is 5.25. The van der Waals surface area contributed by atoms with Gasteiger partial charge in [-0.3, -0.25) is 0 Å². The molecule has 0 saturated carbocycles. The molecule has 2 heteroatoms. The van der Waals surface area contributed by atoms with Crippen LogP contribution in [0.3, 0.4) is 0 Å². The minimum atomic E-state index is -0.389. The van der Waals surface area contributed by atoms with Gasteiger partial charge in [0.2, 0.25) is 0 Å². The number of aliphatic hydroxyl groups excluding tert-OH is 1. The van der Waals surface area contributed by atoms with Crippen molar-refractivity contribution in [2.75, 3.05) is 13.2 Å². The summed E-state index contributed by atoms with van der Waals surface area (Å²) in [5.74, 6) is 0.862. The van der Waals surface area contributed by atoms with Crippen LogP contribution >= 0.6 is 0 Å². The van der Waals surface area contributed by atoms with E-state index >= 15 is 0 Å². The van der Waals surface area contributed by atoms with Gasteiger partial charge in [0, 0.05) is 0 Å². The van der Waals surface area contributed by atoms with Gasteiger partial charge in [-0.2, -0.15) is 0 Å². The first kappa shape index (κ1) is 19.6. The Morgan fingerprint density at radius 2 is 1.19 bits per heavy atom. The first-order valence-electron chi connectivity index (χ1n) is 10.8. The largest absolute Gasteiger partial charge is 0.491 e. The summed E-state index contributed by atoms with van der Waals surface area (Å²) in [6, 6.07) is 32.8. The molecule has 5 rings (SSSR count). The first-order valence-corrected chi connectivity index (χ1v) is 10.8. The molecule has 0 radical (unpaired) electrons. The van der Waals surface area contributed by atoms with Gasteiger partial charge < -0.3 is 9.84 Å². The van der Waals surface area contributed by atoms with Gasteiger partial charge in [0.15, 0.2) is 0 Å². The number of hydrogen-bond donors (Lipinski definition) is 1. The first-order chi connectivity index (χ1) is 15.2. The second kappa shape index (κ2) is 7.72. The Morgan fingerprint density at radius 1 is 0.677 bits per heavy atom. The third-order valence-corrected chi connectivity index (χ3v) is 6.39. The lowest BCUT2D eigenvalue weighted by Gasteiger charge is -2.34. The number of fused-ring (bicyclic) bond motifs is 3. The van der Waals surface area contributed by atoms with Crippen LogP contribution in [0.15, 0.2) is 91.0 Å². The fraction of sp³-hybridized carbons (Fsp3) is 0.172. The average Bonchev–Trinajstić information content (AvgIpc) is 3.10. The van der Waals surface area contributed by atoms with E-state index in [0.717, 1.165) is 16.9 Å². The zero-order chi connectivity index (χ0) is 21.4. The van der Waals surface area contributed by atoms with Gasteiger partial charge in [0.1, 0.15) is 12.4 Å². The molecule has 1 aliphatic rings. The molecule has 0 spiro atoms. The molecule has 154 valence electrons. The summed E-state index contributed by atoms with van der Waals surface area (Å²) in [6.45, 7) is 4.50. The molecule has 4 aromatic rings. The minimum Gasteiger partial charge on any atom is -0.491 e. The lowest BCUT2D eigenvalue weighted by atomic mass is 9.67. The smallest absolute Gasteiger partial charge is 0.125 e. The molecule has 2 nitrogen and oxygen atoms in total. The van der Waals surface area contributed by atoms with Crippen molar-refractivity contribution in [3.63, 3.8) is 0 Å². The van der Waals surface area contributed by atoms with Crippen LogP contribution in [0.5, 0.6) is 5.75 Å². The zero-order valence-electron chi connectivity index (χ0n) is 17.9. The Labute approximate surface area is 183 Å². The Balaban J connectivity index is 1.86. The minimum absolute atomic E-state index is 0.00926. The topological polar surface area (TPSA) is 29.5 Å². The quantitative estimate of drug-likeness (QED) is 0.386. The van der Waals surface area contributed by atoms with Crippen molar-refractivity contribution in [3.05, 3.63) is 124 Å². The van der Waals surface area contributed by atoms with Crippen LogP contribution in [-0.2, 0) is 5.41 Å². The molecule has 0 aromatic heterocycles. The normalized spacial score (nSPS) is 13.5. The van der Waals surface area contributed by atoms with Gasteiger partial charge in [-0.15, -0.1) is 0 Å². The second-order valence-corrected chi connectivity index (χ2v) is 8.22. The van der Waals surface area contributed by atoms with Crippen LogP contribution in [-0.4, -0.2) is 18.3 Å². The maximum atomic E-state index is 9.22. The summed E-state index contributed by atoms with van der Waals surface area (Å²) in [7, 11) is 0. The standard InChI is InChI=1S/C29H26O2/c1-20-18-23(19-21(2)28(20)31-17-16-30)29(22-10-4-3-5-11-22)26-14-8-6-12-24(26)25-13-7-9-15-27(25)29/h3-15,18-19,30H,16-17H2,1-2H3. The van der Waals surface area contributed by atoms with E-state index in [-0.39, 0.29) is 12.0 Å². The van der Waals surface area contributed by atoms with Crippen LogP contribution in [0.25, 0.3) is 11.1 Å². The third kappa shape index (κ3) is 2.90. The average molecular weight is 407 g/mol. The summed E-state index contributed by atoms with van der Waals surface area (Å²) in [4.78, 5) is 0. The SMILES string of the molecule is Cc1cc(C2(c3ccccc3)c3ccccc3-c3ccccc32)cc(C)c1OCCO. The van der Waals surface area contributed by atoms with Crippen molar-refractivity contribution in [3.8, 4) is 16.9 Å². The molecule has 0 saturated heterocycles. The molecule has 31 heavy (non-hydrogen) atoms. The maximum absolute atomic E-state index is 9.22. The maximum Gasteiger partial charge on any atom is 0.125 e. The molecule has 1 aliphatic carbocycles. The van der Waals surface area contributed by atoms with Crippen LogP contribution < -0.4 is 4.74 Å². The van der Waals surface area contributed by atoms with Crippen LogP contribution in [0, 0.1) is 13.8 Å². The molecular formula is C29H26O2. The summed E-state index contributed by atoms with van der Waals surface area (Å²) in [5, 5.41) is 9.22. The Kier molecular flexibility index (Phi) is 4.88. The lowest BCUT2D eigenvalue weighted by molar-refractivity contribution is 0.200. The number of rotatable bonds is 5. The van der Waals surface area contributed by atoms with E-state index in [4.69, 9.17) is 4.74 Å². The molecular weight excluding hydrogens is 380 g/mol. The van der Waals surface area contributed by atoms with E-state index in [1.807, 2.05) is 0 Å². The van der Waals surface area contributed by atoms with E-state index < -0.39 is 0 Å². The summed E-state index contributed by atoms with van der Waals surface area (Å²) >= 11 is 0. The number of hydrogen-bond acceptors (Lipinski definition) is 2. The van der Waals surface area contributed by atoms with Crippen molar-refractivity contribution in [2.45, 2.75) is 19.3 Å². The van der Waals surface area contributed by atoms with E-state index in [2.05, 4.69) is 105 Å². The molecule has 0 atom stereocenters. The van der Waals surface area contributed by atoms with Gasteiger partial charge in [-0.25, -0.2) is 0 Å². The van der Waals surface area contributed by atoms with E-state index in [0.29, 0.717) is 6.61 Å². The number of benzene rings is 4. The number of aliphatic hydroxyl groups is 1. The molecule has 0 bridgehead atoms. The highest BCUT2D eigenvalue weighted by atomic mass is 16.5. The Bertz CT molecular complexity index is 1170. The zero-order valence-corrected chi connectivity index (χ0v) is 17.9. The van der Waals surface area contributed by atoms with Crippen molar-refractivity contribution < 1.29 is 9.84 Å². The predicted molar refractivity (Wildman–Crippen MR) is 126 cm³/mol. The van der Waals surface area contributed by atoms with Crippen molar-refractivity contribution in [1.29, 1.82) is 0 Å². The van der Waals surface area contributed by atoms with Crippen LogP contribution in [0.1, 0.15) is 33.4 Å². The molecule has 0 aliphatic heterocycles. The number of aryl methyl sites for hydroxylation is 2. The summed E-state index contributed by atoms with van der Waals surface area (Å²) < 4.78 is 5.86. The molecule has 0 heterocycles. The van der Waals surface area contributed by atoms with Crippen molar-refractivity contribution in [1.82, 2.24) is 0 Å². The molecule has 1 N–H and O–H groups in total. The highest BCUT2D eigenvalue weighted by molar-refractivity contribution is 5.86. The Hall–Kier alpha value is -3.36. The van der Waals surface area contributed by atoms with Gasteiger partial charge in [0.05, 0.1) is 12.0 Å². The van der Waals surface area contributed by atoms with E-state index in [9.17, 15) is 5.11 Å². The van der Waals surface area contributed by atoms with Crippen molar-refractivity contribution >= 4 is 0 Å². The molecule has 0 fully saturated rings. The van der Waals surface area contributed by atoms with E-state index in [1.165, 1.54) is 33.4 Å². The van der Waals surface area contributed by atoms with Crippen LogP contribution in [0.4, 0.5) is 0 Å². The van der Waals surface area contributed by atoms with Crippen LogP contribution in [0.2, 0.25) is 0 Å². The second-order valence-electron chi connectivity index (χ2n) is 8.22. The Morgan fingerprint density at radius 3 is 1.74 bits per heavy atom. The van der Waals surface area contributed by atoms with E-state index in [1.54, 1.807) is 0 Å². The van der Waals surface area contributed by atoms with Gasteiger partial charge in [-0.1, -0.05) is 91.0 Å². The fourth-order valence-electron chi connectivity index (χ4n) is 5.25.